The Hall–Kier alpha value is -5.65. The lowest BCUT2D eigenvalue weighted by molar-refractivity contribution is -0.135. The number of aromatic nitrogens is 4. The second-order valence-electron chi connectivity index (χ2n) is 15.2. The van der Waals surface area contributed by atoms with E-state index in [9.17, 15) is 14.4 Å². The first-order valence-electron chi connectivity index (χ1n) is 18.7. The molecule has 12 nitrogen and oxygen atoms in total. The van der Waals surface area contributed by atoms with E-state index in [2.05, 4.69) is 56.7 Å². The smallest absolute Gasteiger partial charge is 0.410 e. The second-order valence-corrected chi connectivity index (χ2v) is 15.2. The van der Waals surface area contributed by atoms with Gasteiger partial charge in [-0.15, -0.1) is 0 Å². The maximum atomic E-state index is 13.6. The van der Waals surface area contributed by atoms with Crippen LogP contribution in [0.25, 0.3) is 34.5 Å². The van der Waals surface area contributed by atoms with E-state index < -0.39 is 17.7 Å². The van der Waals surface area contributed by atoms with Crippen LogP contribution in [0.1, 0.15) is 95.3 Å². The molecule has 4 heterocycles. The Morgan fingerprint density at radius 2 is 1.54 bits per heavy atom. The van der Waals surface area contributed by atoms with Crippen molar-refractivity contribution < 1.29 is 23.9 Å². The van der Waals surface area contributed by atoms with Crippen molar-refractivity contribution in [3.05, 3.63) is 96.0 Å². The number of likely N-dealkylation sites (tertiary alicyclic amines) is 2. The Kier molecular flexibility index (Phi) is 11.7. The Morgan fingerprint density at radius 3 is 2.24 bits per heavy atom. The van der Waals surface area contributed by atoms with Gasteiger partial charge >= 0.3 is 12.2 Å². The number of hydrogen-bond donors (Lipinski definition) is 3. The zero-order valence-corrected chi connectivity index (χ0v) is 32.0. The molecule has 2 aliphatic heterocycles. The van der Waals surface area contributed by atoms with Crippen molar-refractivity contribution >= 4 is 30.2 Å². The summed E-state index contributed by atoms with van der Waals surface area (Å²) < 4.78 is 10.4. The zero-order chi connectivity index (χ0) is 38.4. The molecule has 0 bridgehead atoms. The van der Waals surface area contributed by atoms with Crippen molar-refractivity contribution in [1.82, 2.24) is 35.1 Å². The molecule has 3 N–H and O–H groups in total. The van der Waals surface area contributed by atoms with Crippen LogP contribution in [0.3, 0.4) is 0 Å². The second kappa shape index (κ2) is 16.6. The Labute approximate surface area is 317 Å². The largest absolute Gasteiger partial charge is 0.453 e. The van der Waals surface area contributed by atoms with Crippen molar-refractivity contribution in [2.45, 2.75) is 84.0 Å². The van der Waals surface area contributed by atoms with Crippen LogP contribution in [-0.4, -0.2) is 79.7 Å². The van der Waals surface area contributed by atoms with Crippen LogP contribution in [0.4, 0.5) is 9.59 Å². The fourth-order valence-corrected chi connectivity index (χ4v) is 7.10. The van der Waals surface area contributed by atoms with Gasteiger partial charge < -0.3 is 29.7 Å². The first-order valence-corrected chi connectivity index (χ1v) is 18.7. The summed E-state index contributed by atoms with van der Waals surface area (Å²) in [7, 11) is 1.29. The van der Waals surface area contributed by atoms with E-state index >= 15 is 0 Å². The molecular weight excluding hydrogens is 683 g/mol. The monoisotopic (exact) mass is 733 g/mol. The number of methoxy groups -OCH3 is 1. The molecule has 0 saturated carbocycles. The Bertz CT molecular complexity index is 1990. The number of ether oxygens (including phenoxy) is 2. The summed E-state index contributed by atoms with van der Waals surface area (Å²) in [5.74, 6) is 1.23. The molecule has 2 aromatic heterocycles. The molecule has 2 aliphatic rings. The minimum atomic E-state index is -0.693. The van der Waals surface area contributed by atoms with Gasteiger partial charge in [-0.2, -0.15) is 0 Å². The summed E-state index contributed by atoms with van der Waals surface area (Å²) in [5.41, 5.74) is 5.31. The lowest BCUT2D eigenvalue weighted by Crippen LogP contribution is -2.51. The van der Waals surface area contributed by atoms with E-state index in [1.54, 1.807) is 11.1 Å². The van der Waals surface area contributed by atoms with Gasteiger partial charge in [0.1, 0.15) is 23.3 Å². The summed E-state index contributed by atoms with van der Waals surface area (Å²) in [4.78, 5) is 58.2. The number of rotatable bonds is 10. The Morgan fingerprint density at radius 1 is 0.870 bits per heavy atom. The van der Waals surface area contributed by atoms with E-state index in [4.69, 9.17) is 14.5 Å². The molecular formula is C42H51N7O5. The van der Waals surface area contributed by atoms with Crippen LogP contribution < -0.4 is 5.32 Å². The average Bonchev–Trinajstić information content (AvgIpc) is 3.98. The number of benzene rings is 2. The number of allylic oxidation sites excluding steroid dienone is 2. The summed E-state index contributed by atoms with van der Waals surface area (Å²) in [6, 6.07) is 15.5. The van der Waals surface area contributed by atoms with Crippen molar-refractivity contribution in [2.75, 3.05) is 20.2 Å². The van der Waals surface area contributed by atoms with Crippen LogP contribution in [0.5, 0.6) is 0 Å². The Balaban J connectivity index is 1.18. The number of H-pyrrole nitrogens is 2. The van der Waals surface area contributed by atoms with E-state index in [0.717, 1.165) is 71.0 Å². The average molecular weight is 734 g/mol. The third-order valence-electron chi connectivity index (χ3n) is 9.76. The molecule has 54 heavy (non-hydrogen) atoms. The summed E-state index contributed by atoms with van der Waals surface area (Å²) in [5, 5.41) is 2.71. The van der Waals surface area contributed by atoms with Gasteiger partial charge in [0.05, 0.1) is 43.0 Å². The van der Waals surface area contributed by atoms with Crippen molar-refractivity contribution in [3.63, 3.8) is 0 Å². The van der Waals surface area contributed by atoms with Crippen LogP contribution in [0.2, 0.25) is 0 Å². The predicted molar refractivity (Wildman–Crippen MR) is 209 cm³/mol. The number of alkyl carbamates (subject to hydrolysis) is 1. The van der Waals surface area contributed by atoms with Gasteiger partial charge in [0, 0.05) is 18.7 Å². The van der Waals surface area contributed by atoms with Crippen LogP contribution >= 0.6 is 0 Å². The molecule has 2 aromatic carbocycles. The van der Waals surface area contributed by atoms with Gasteiger partial charge in [-0.25, -0.2) is 19.6 Å². The van der Waals surface area contributed by atoms with Gasteiger partial charge in [0.2, 0.25) is 5.91 Å². The highest BCUT2D eigenvalue weighted by molar-refractivity contribution is 5.86. The third kappa shape index (κ3) is 8.92. The number of aromatic amines is 2. The fourth-order valence-electron chi connectivity index (χ4n) is 7.10. The van der Waals surface area contributed by atoms with Crippen molar-refractivity contribution in [3.8, 4) is 22.4 Å². The molecule has 284 valence electrons. The molecule has 0 radical (unpaired) electrons. The lowest BCUT2D eigenvalue weighted by atomic mass is 9.96. The van der Waals surface area contributed by atoms with Crippen LogP contribution in [0, 0.1) is 5.92 Å². The summed E-state index contributed by atoms with van der Waals surface area (Å²) in [6.45, 7) is 10.7. The van der Waals surface area contributed by atoms with Crippen molar-refractivity contribution in [2.24, 2.45) is 5.92 Å². The third-order valence-corrected chi connectivity index (χ3v) is 9.76. The van der Waals surface area contributed by atoms with Crippen LogP contribution in [0.15, 0.2) is 73.1 Å². The number of carbonyl (C=O) groups excluding carboxylic acids is 3. The van der Waals surface area contributed by atoms with Gasteiger partial charge in [-0.1, -0.05) is 74.5 Å². The van der Waals surface area contributed by atoms with Gasteiger partial charge in [0.25, 0.3) is 0 Å². The number of imidazole rings is 2. The first kappa shape index (κ1) is 38.1. The molecule has 0 unspecified atom stereocenters. The minimum absolute atomic E-state index is 0.108. The molecule has 12 heteroatoms. The standard InChI is InChI=1S/C42H51N7O5/c1-27(2)36(47-40(51)53-6)39(50)48-22-12-18-34(48)38-44-26-33(46-38)30-21-20-29(32(24-30)28-14-8-7-9-15-28)16-10-11-17-31-25-43-37(45-31)35-19-13-23-49(35)41(52)54-42(3,4)5/h7-11,14-17,20-21,24-27,34-36H,12-13,18-19,22-23H2,1-6H3,(H,43,45)(H,44,46)(H,47,51)/t34-,35-,36-/m0/s1. The molecule has 0 spiro atoms. The summed E-state index contributed by atoms with van der Waals surface area (Å²) >= 11 is 0. The van der Waals surface area contributed by atoms with Gasteiger partial charge in [-0.3, -0.25) is 9.69 Å². The number of amides is 3. The van der Waals surface area contributed by atoms with Crippen molar-refractivity contribution in [1.29, 1.82) is 0 Å². The molecule has 3 amide bonds. The summed E-state index contributed by atoms with van der Waals surface area (Å²) in [6.07, 6.45) is 14.1. The highest BCUT2D eigenvalue weighted by Gasteiger charge is 2.38. The zero-order valence-electron chi connectivity index (χ0n) is 32.0. The molecule has 2 fully saturated rings. The van der Waals surface area contributed by atoms with E-state index in [-0.39, 0.29) is 30.0 Å². The molecule has 4 aromatic rings. The van der Waals surface area contributed by atoms with E-state index in [1.807, 2.05) is 82.1 Å². The number of nitrogens with one attached hydrogen (secondary N) is 3. The molecule has 6 rings (SSSR count). The SMILES string of the molecule is COC(=O)N[C@H](C(=O)N1CCC[C@H]1c1ncc(-c2ccc(C=CC=Cc3cnc([C@@H]4CCCN4C(=O)OC(C)(C)C)[nH]3)c(-c3ccccc3)c2)[nH]1)C(C)C. The number of hydrogen-bond acceptors (Lipinski definition) is 7. The lowest BCUT2D eigenvalue weighted by Gasteiger charge is -2.30. The van der Waals surface area contributed by atoms with Gasteiger partial charge in [0.15, 0.2) is 0 Å². The molecule has 3 atom stereocenters. The normalized spacial score (nSPS) is 18.2. The number of nitrogens with zero attached hydrogens (tertiary/aromatic N) is 4. The maximum absolute atomic E-state index is 13.6. The highest BCUT2D eigenvalue weighted by atomic mass is 16.6. The topological polar surface area (TPSA) is 146 Å². The molecule has 2 saturated heterocycles. The fraction of sp³-hybridized carbons (Fsp3) is 0.405. The first-order chi connectivity index (χ1) is 25.9. The van der Waals surface area contributed by atoms with Crippen LogP contribution in [-0.2, 0) is 14.3 Å². The minimum Gasteiger partial charge on any atom is -0.453 e. The van der Waals surface area contributed by atoms with Gasteiger partial charge in [-0.05, 0) is 81.2 Å². The maximum Gasteiger partial charge on any atom is 0.410 e. The quantitative estimate of drug-likeness (QED) is 0.139. The highest BCUT2D eigenvalue weighted by Crippen LogP contribution is 2.35. The molecule has 0 aliphatic carbocycles. The predicted octanol–water partition coefficient (Wildman–Crippen LogP) is 8.31. The van der Waals surface area contributed by atoms with E-state index in [0.29, 0.717) is 13.1 Å². The number of carbonyl (C=O) groups is 3. The van der Waals surface area contributed by atoms with E-state index in [1.165, 1.54) is 7.11 Å².